The Bertz CT molecular complexity index is 648. The molecule has 6 heteroatoms. The van der Waals surface area contributed by atoms with Gasteiger partial charge < -0.3 is 15.5 Å². The molecule has 0 unspecified atom stereocenters. The highest BCUT2D eigenvalue weighted by Gasteiger charge is 2.18. The topological polar surface area (TPSA) is 86.6 Å². The molecule has 1 heterocycles. The van der Waals surface area contributed by atoms with E-state index in [9.17, 15) is 14.7 Å². The molecular formula is C13H11NO4S. The van der Waals surface area contributed by atoms with Crippen molar-refractivity contribution in [3.63, 3.8) is 0 Å². The Labute approximate surface area is 113 Å². The third kappa shape index (κ3) is 2.74. The lowest BCUT2D eigenvalue weighted by Gasteiger charge is -2.06. The molecule has 1 aromatic carbocycles. The van der Waals surface area contributed by atoms with Crippen molar-refractivity contribution in [3.05, 3.63) is 45.6 Å². The molecule has 98 valence electrons. The van der Waals surface area contributed by atoms with Crippen molar-refractivity contribution in [1.29, 1.82) is 0 Å². The molecule has 0 radical (unpaired) electrons. The van der Waals surface area contributed by atoms with Crippen molar-refractivity contribution in [2.24, 2.45) is 0 Å². The molecular weight excluding hydrogens is 266 g/mol. The van der Waals surface area contributed by atoms with Gasteiger partial charge in [0.05, 0.1) is 5.69 Å². The summed E-state index contributed by atoms with van der Waals surface area (Å²) in [6.45, 7) is 1.72. The number of thiophene rings is 1. The number of phenolic OH excluding ortho intramolecular Hbond substituents is 1. The number of hydrogen-bond donors (Lipinski definition) is 3. The van der Waals surface area contributed by atoms with Crippen LogP contribution in [0.3, 0.4) is 0 Å². The van der Waals surface area contributed by atoms with Gasteiger partial charge in [-0.3, -0.25) is 4.79 Å². The fourth-order valence-corrected chi connectivity index (χ4v) is 2.43. The summed E-state index contributed by atoms with van der Waals surface area (Å²) in [7, 11) is 0. The zero-order chi connectivity index (χ0) is 14.0. The number of benzene rings is 1. The molecule has 2 aromatic rings. The van der Waals surface area contributed by atoms with Crippen LogP contribution in [0.4, 0.5) is 5.69 Å². The number of hydrogen-bond acceptors (Lipinski definition) is 4. The minimum atomic E-state index is -1.08. The number of rotatable bonds is 3. The number of aryl methyl sites for hydroxylation is 1. The molecule has 0 aliphatic rings. The fourth-order valence-electron chi connectivity index (χ4n) is 1.59. The first-order valence-corrected chi connectivity index (χ1v) is 6.28. The Morgan fingerprint density at radius 2 is 2.05 bits per heavy atom. The maximum Gasteiger partial charge on any atom is 0.348 e. The normalized spacial score (nSPS) is 10.2. The quantitative estimate of drug-likeness (QED) is 0.805. The van der Waals surface area contributed by atoms with E-state index in [2.05, 4.69) is 5.32 Å². The SMILES string of the molecule is Cc1csc(C(=O)O)c1NC(=O)c1cccc(O)c1. The Kier molecular flexibility index (Phi) is 3.52. The molecule has 0 bridgehead atoms. The standard InChI is InChI=1S/C13H11NO4S/c1-7-6-19-11(13(17)18)10(7)14-12(16)8-3-2-4-9(15)5-8/h2-6,15H,1H3,(H,14,16)(H,17,18). The van der Waals surface area contributed by atoms with E-state index in [0.717, 1.165) is 11.3 Å². The van der Waals surface area contributed by atoms with E-state index in [-0.39, 0.29) is 16.2 Å². The van der Waals surface area contributed by atoms with Crippen LogP contribution in [0.5, 0.6) is 5.75 Å². The van der Waals surface area contributed by atoms with Gasteiger partial charge in [0.15, 0.2) is 0 Å². The van der Waals surface area contributed by atoms with E-state index in [4.69, 9.17) is 5.11 Å². The van der Waals surface area contributed by atoms with Crippen molar-refractivity contribution in [1.82, 2.24) is 0 Å². The molecule has 0 aliphatic heterocycles. The van der Waals surface area contributed by atoms with E-state index in [0.29, 0.717) is 11.3 Å². The van der Waals surface area contributed by atoms with Gasteiger partial charge in [0, 0.05) is 5.56 Å². The molecule has 0 saturated carbocycles. The van der Waals surface area contributed by atoms with Gasteiger partial charge in [0.25, 0.3) is 5.91 Å². The molecule has 0 aliphatic carbocycles. The molecule has 1 aromatic heterocycles. The largest absolute Gasteiger partial charge is 0.508 e. The van der Waals surface area contributed by atoms with Crippen LogP contribution in [-0.2, 0) is 0 Å². The van der Waals surface area contributed by atoms with Gasteiger partial charge in [-0.05, 0) is 36.1 Å². The summed E-state index contributed by atoms with van der Waals surface area (Å²) >= 11 is 1.06. The molecule has 19 heavy (non-hydrogen) atoms. The molecule has 0 atom stereocenters. The zero-order valence-electron chi connectivity index (χ0n) is 10.0. The maximum absolute atomic E-state index is 12.0. The monoisotopic (exact) mass is 277 g/mol. The van der Waals surface area contributed by atoms with Crippen LogP contribution in [0, 0.1) is 6.92 Å². The number of nitrogens with one attached hydrogen (secondary N) is 1. The summed E-state index contributed by atoms with van der Waals surface area (Å²) in [4.78, 5) is 23.1. The number of phenols is 1. The Balaban J connectivity index is 2.29. The Morgan fingerprint density at radius 3 is 2.68 bits per heavy atom. The number of anilines is 1. The fraction of sp³-hybridized carbons (Fsp3) is 0.0769. The first-order valence-electron chi connectivity index (χ1n) is 5.41. The predicted octanol–water partition coefficient (Wildman–Crippen LogP) is 2.71. The van der Waals surface area contributed by atoms with Crippen molar-refractivity contribution < 1.29 is 19.8 Å². The van der Waals surface area contributed by atoms with E-state index >= 15 is 0 Å². The van der Waals surface area contributed by atoms with Crippen molar-refractivity contribution >= 4 is 28.9 Å². The summed E-state index contributed by atoms with van der Waals surface area (Å²) in [6, 6.07) is 5.85. The second kappa shape index (κ2) is 5.11. The molecule has 1 amide bonds. The van der Waals surface area contributed by atoms with Gasteiger partial charge in [-0.25, -0.2) is 4.79 Å². The van der Waals surface area contributed by atoms with Gasteiger partial charge in [0.2, 0.25) is 0 Å². The predicted molar refractivity (Wildman–Crippen MR) is 72.1 cm³/mol. The van der Waals surface area contributed by atoms with Gasteiger partial charge in [0.1, 0.15) is 10.6 Å². The number of carboxylic acid groups (broad SMARTS) is 1. The highest BCUT2D eigenvalue weighted by atomic mass is 32.1. The van der Waals surface area contributed by atoms with Gasteiger partial charge in [-0.15, -0.1) is 11.3 Å². The Morgan fingerprint density at radius 1 is 1.32 bits per heavy atom. The smallest absolute Gasteiger partial charge is 0.348 e. The summed E-state index contributed by atoms with van der Waals surface area (Å²) in [6.07, 6.45) is 0. The van der Waals surface area contributed by atoms with Crippen LogP contribution in [0.15, 0.2) is 29.6 Å². The summed E-state index contributed by atoms with van der Waals surface area (Å²) in [5.74, 6) is -1.56. The number of carboxylic acids is 1. The van der Waals surface area contributed by atoms with Crippen LogP contribution in [-0.4, -0.2) is 22.1 Å². The number of aromatic hydroxyl groups is 1. The lowest BCUT2D eigenvalue weighted by molar-refractivity contribution is 0.0703. The van der Waals surface area contributed by atoms with Crippen molar-refractivity contribution in [2.75, 3.05) is 5.32 Å². The minimum Gasteiger partial charge on any atom is -0.508 e. The number of carbonyl (C=O) groups is 2. The molecule has 0 saturated heterocycles. The third-order valence-electron chi connectivity index (χ3n) is 2.52. The highest BCUT2D eigenvalue weighted by Crippen LogP contribution is 2.28. The van der Waals surface area contributed by atoms with E-state index in [1.54, 1.807) is 18.4 Å². The second-order valence-corrected chi connectivity index (χ2v) is 4.81. The summed E-state index contributed by atoms with van der Waals surface area (Å²) in [5.41, 5.74) is 1.25. The summed E-state index contributed by atoms with van der Waals surface area (Å²) in [5, 5.41) is 22.6. The van der Waals surface area contributed by atoms with Crippen molar-refractivity contribution in [2.45, 2.75) is 6.92 Å². The van der Waals surface area contributed by atoms with Crippen LogP contribution < -0.4 is 5.32 Å². The number of amides is 1. The highest BCUT2D eigenvalue weighted by molar-refractivity contribution is 7.12. The van der Waals surface area contributed by atoms with Crippen LogP contribution >= 0.6 is 11.3 Å². The summed E-state index contributed by atoms with van der Waals surface area (Å²) < 4.78 is 0. The lowest BCUT2D eigenvalue weighted by Crippen LogP contribution is -2.14. The van der Waals surface area contributed by atoms with Crippen molar-refractivity contribution in [3.8, 4) is 5.75 Å². The third-order valence-corrected chi connectivity index (χ3v) is 3.60. The van der Waals surface area contributed by atoms with E-state index < -0.39 is 11.9 Å². The van der Waals surface area contributed by atoms with Crippen LogP contribution in [0.1, 0.15) is 25.6 Å². The first kappa shape index (κ1) is 13.1. The number of aromatic carboxylic acids is 1. The van der Waals surface area contributed by atoms with Crippen LogP contribution in [0.2, 0.25) is 0 Å². The van der Waals surface area contributed by atoms with Crippen LogP contribution in [0.25, 0.3) is 0 Å². The average Bonchev–Trinajstić information content (AvgIpc) is 2.71. The van der Waals surface area contributed by atoms with Gasteiger partial charge >= 0.3 is 5.97 Å². The maximum atomic E-state index is 12.0. The number of carbonyl (C=O) groups excluding carboxylic acids is 1. The molecule has 0 fully saturated rings. The molecule has 2 rings (SSSR count). The van der Waals surface area contributed by atoms with Gasteiger partial charge in [-0.2, -0.15) is 0 Å². The molecule has 5 nitrogen and oxygen atoms in total. The van der Waals surface area contributed by atoms with E-state index in [1.807, 2.05) is 0 Å². The lowest BCUT2D eigenvalue weighted by atomic mass is 10.2. The average molecular weight is 277 g/mol. The molecule has 3 N–H and O–H groups in total. The van der Waals surface area contributed by atoms with Gasteiger partial charge in [-0.1, -0.05) is 6.07 Å². The minimum absolute atomic E-state index is 0.0202. The second-order valence-electron chi connectivity index (χ2n) is 3.93. The Hall–Kier alpha value is -2.34. The van der Waals surface area contributed by atoms with E-state index in [1.165, 1.54) is 18.2 Å². The first-order chi connectivity index (χ1) is 8.99. The molecule has 0 spiro atoms. The zero-order valence-corrected chi connectivity index (χ0v) is 10.8.